The van der Waals surface area contributed by atoms with E-state index in [1.54, 1.807) is 0 Å². The zero-order valence-corrected chi connectivity index (χ0v) is 40.3. The lowest BCUT2D eigenvalue weighted by Crippen LogP contribution is -2.46. The van der Waals surface area contributed by atoms with Crippen LogP contribution in [0.25, 0.3) is 0 Å². The summed E-state index contributed by atoms with van der Waals surface area (Å²) < 4.78 is 5.86. The second kappa shape index (κ2) is 48.6. The maximum atomic E-state index is 13.2. The summed E-state index contributed by atoms with van der Waals surface area (Å²) in [5, 5.41) is 23.6. The smallest absolute Gasteiger partial charge is 0.306 e. The van der Waals surface area contributed by atoms with Gasteiger partial charge in [0.1, 0.15) is 6.10 Å². The van der Waals surface area contributed by atoms with Crippen molar-refractivity contribution in [2.24, 2.45) is 0 Å². The van der Waals surface area contributed by atoms with Gasteiger partial charge in [-0.25, -0.2) is 0 Å². The highest BCUT2D eigenvalue weighted by Gasteiger charge is 2.23. The second-order valence-corrected chi connectivity index (χ2v) is 17.6. The Morgan fingerprint density at radius 2 is 0.869 bits per heavy atom. The molecule has 0 aromatic carbocycles. The van der Waals surface area contributed by atoms with Crippen molar-refractivity contribution in [1.29, 1.82) is 0 Å². The van der Waals surface area contributed by atoms with Crippen LogP contribution in [-0.4, -0.2) is 46.9 Å². The van der Waals surface area contributed by atoms with Gasteiger partial charge in [-0.3, -0.25) is 9.59 Å². The molecule has 0 saturated carbocycles. The van der Waals surface area contributed by atoms with Crippen molar-refractivity contribution in [2.75, 3.05) is 6.61 Å². The third-order valence-electron chi connectivity index (χ3n) is 11.6. The van der Waals surface area contributed by atoms with Gasteiger partial charge in [0.05, 0.1) is 25.2 Å². The Morgan fingerprint density at radius 1 is 0.492 bits per heavy atom. The molecule has 61 heavy (non-hydrogen) atoms. The van der Waals surface area contributed by atoms with Crippen molar-refractivity contribution in [3.05, 3.63) is 60.8 Å². The molecule has 0 aromatic rings. The summed E-state index contributed by atoms with van der Waals surface area (Å²) in [6.07, 6.45) is 60.2. The molecule has 0 rings (SSSR count). The number of unbranched alkanes of at least 4 members (excludes halogenated alkanes) is 25. The van der Waals surface area contributed by atoms with E-state index in [-0.39, 0.29) is 24.9 Å². The van der Waals surface area contributed by atoms with Gasteiger partial charge in [0.2, 0.25) is 5.91 Å². The molecule has 0 aromatic heterocycles. The van der Waals surface area contributed by atoms with Crippen molar-refractivity contribution in [3.8, 4) is 0 Å². The maximum Gasteiger partial charge on any atom is 0.306 e. The SMILES string of the molecule is CCCCC/C=C\C/C=C\C/C=C\C/C=C\CC(CC(=O)NC(CO)C(O)CCCCCCCCCCC)OC(=O)CCCCCCC/C=C/CCCCCCCCCCC. The van der Waals surface area contributed by atoms with Crippen LogP contribution in [0.3, 0.4) is 0 Å². The molecule has 6 nitrogen and oxygen atoms in total. The molecule has 0 radical (unpaired) electrons. The molecule has 0 fully saturated rings. The number of allylic oxidation sites excluding steroid dienone is 9. The Bertz CT molecular complexity index is 1090. The first-order valence-electron chi connectivity index (χ1n) is 26.0. The zero-order valence-electron chi connectivity index (χ0n) is 40.3. The van der Waals surface area contributed by atoms with Gasteiger partial charge >= 0.3 is 5.97 Å². The van der Waals surface area contributed by atoms with Crippen molar-refractivity contribution in [1.82, 2.24) is 5.32 Å². The molecular weight excluding hydrogens is 755 g/mol. The average Bonchev–Trinajstić information content (AvgIpc) is 3.25. The maximum absolute atomic E-state index is 13.2. The van der Waals surface area contributed by atoms with E-state index in [1.165, 1.54) is 141 Å². The van der Waals surface area contributed by atoms with Crippen LogP contribution < -0.4 is 5.32 Å². The van der Waals surface area contributed by atoms with Crippen LogP contribution in [0.5, 0.6) is 0 Å². The van der Waals surface area contributed by atoms with E-state index in [1.807, 2.05) is 6.08 Å². The molecule has 0 saturated heterocycles. The number of esters is 1. The summed E-state index contributed by atoms with van der Waals surface area (Å²) >= 11 is 0. The fraction of sp³-hybridized carbons (Fsp3) is 0.782. The fourth-order valence-electron chi connectivity index (χ4n) is 7.58. The lowest BCUT2D eigenvalue weighted by Gasteiger charge is -2.24. The summed E-state index contributed by atoms with van der Waals surface area (Å²) in [6.45, 7) is 6.41. The third-order valence-corrected chi connectivity index (χ3v) is 11.6. The first-order valence-corrected chi connectivity index (χ1v) is 26.0. The normalized spacial score (nSPS) is 13.7. The van der Waals surface area contributed by atoms with Crippen LogP contribution >= 0.6 is 0 Å². The number of aliphatic hydroxyl groups excluding tert-OH is 2. The van der Waals surface area contributed by atoms with Gasteiger partial charge in [0.25, 0.3) is 0 Å². The minimum atomic E-state index is -0.811. The van der Waals surface area contributed by atoms with E-state index in [0.717, 1.165) is 64.2 Å². The lowest BCUT2D eigenvalue weighted by atomic mass is 10.0. The number of amides is 1. The number of carbonyl (C=O) groups excluding carboxylic acids is 2. The van der Waals surface area contributed by atoms with E-state index >= 15 is 0 Å². The molecular formula is C55H99NO5. The van der Waals surface area contributed by atoms with Crippen molar-refractivity contribution < 1.29 is 24.5 Å². The molecule has 6 heteroatoms. The lowest BCUT2D eigenvalue weighted by molar-refractivity contribution is -0.150. The molecule has 3 N–H and O–H groups in total. The Morgan fingerprint density at radius 3 is 1.36 bits per heavy atom. The highest BCUT2D eigenvalue weighted by Crippen LogP contribution is 2.16. The fourth-order valence-corrected chi connectivity index (χ4v) is 7.58. The van der Waals surface area contributed by atoms with Gasteiger partial charge in [0, 0.05) is 12.8 Å². The number of carbonyl (C=O) groups is 2. The van der Waals surface area contributed by atoms with E-state index in [9.17, 15) is 19.8 Å². The van der Waals surface area contributed by atoms with Crippen molar-refractivity contribution in [3.63, 3.8) is 0 Å². The summed E-state index contributed by atoms with van der Waals surface area (Å²) in [5.74, 6) is -0.585. The molecule has 0 aliphatic carbocycles. The van der Waals surface area contributed by atoms with E-state index in [4.69, 9.17) is 4.74 Å². The number of rotatable bonds is 46. The molecule has 354 valence electrons. The van der Waals surface area contributed by atoms with Crippen LogP contribution in [0, 0.1) is 0 Å². The monoisotopic (exact) mass is 854 g/mol. The Labute approximate surface area is 378 Å². The Kier molecular flexibility index (Phi) is 46.6. The number of hydrogen-bond acceptors (Lipinski definition) is 5. The highest BCUT2D eigenvalue weighted by atomic mass is 16.5. The third kappa shape index (κ3) is 44.0. The van der Waals surface area contributed by atoms with E-state index in [0.29, 0.717) is 19.3 Å². The predicted octanol–water partition coefficient (Wildman–Crippen LogP) is 15.6. The molecule has 0 aliphatic heterocycles. The highest BCUT2D eigenvalue weighted by molar-refractivity contribution is 5.77. The zero-order chi connectivity index (χ0) is 44.5. The van der Waals surface area contributed by atoms with Gasteiger partial charge in [0.15, 0.2) is 0 Å². The van der Waals surface area contributed by atoms with Gasteiger partial charge in [-0.15, -0.1) is 0 Å². The van der Waals surface area contributed by atoms with Gasteiger partial charge in [-0.2, -0.15) is 0 Å². The Balaban J connectivity index is 4.68. The molecule has 0 heterocycles. The summed E-state index contributed by atoms with van der Waals surface area (Å²) in [5.41, 5.74) is 0. The number of nitrogens with one attached hydrogen (secondary N) is 1. The van der Waals surface area contributed by atoms with Crippen LogP contribution in [0.2, 0.25) is 0 Å². The van der Waals surface area contributed by atoms with Gasteiger partial charge in [-0.05, 0) is 70.6 Å². The van der Waals surface area contributed by atoms with Crippen molar-refractivity contribution >= 4 is 11.9 Å². The van der Waals surface area contributed by atoms with E-state index < -0.39 is 18.2 Å². The quantitative estimate of drug-likeness (QED) is 0.0322. The predicted molar refractivity (Wildman–Crippen MR) is 264 cm³/mol. The van der Waals surface area contributed by atoms with Crippen molar-refractivity contribution in [2.45, 2.75) is 270 Å². The minimum absolute atomic E-state index is 0.00232. The molecule has 0 aliphatic rings. The van der Waals surface area contributed by atoms with Gasteiger partial charge < -0.3 is 20.3 Å². The first kappa shape index (κ1) is 58.6. The summed E-state index contributed by atoms with van der Waals surface area (Å²) in [4.78, 5) is 26.1. The number of aliphatic hydroxyl groups is 2. The molecule has 1 amide bonds. The van der Waals surface area contributed by atoms with E-state index in [2.05, 4.69) is 80.8 Å². The molecule has 3 atom stereocenters. The summed E-state index contributed by atoms with van der Waals surface area (Å²) in [6, 6.07) is -0.732. The number of hydrogen-bond donors (Lipinski definition) is 3. The standard InChI is InChI=1S/C55H99NO5/c1-4-7-10-13-16-19-21-23-25-26-27-29-31-33-36-39-42-45-48-55(60)61-51(46-43-40-37-35-32-30-28-24-22-20-17-14-11-8-5-2)49-54(59)56-52(50-57)53(58)47-44-41-38-34-18-15-12-9-6-3/h17,20,24,27-29,32,35,40,43,51-53,57-58H,4-16,18-19,21-23,25-26,30-31,33-34,36-39,41-42,44-50H2,1-3H3,(H,56,59)/b20-17-,28-24-,29-27+,35-32-,43-40-. The van der Waals surface area contributed by atoms with Crippen LogP contribution in [0.15, 0.2) is 60.8 Å². The minimum Gasteiger partial charge on any atom is -0.461 e. The summed E-state index contributed by atoms with van der Waals surface area (Å²) in [7, 11) is 0. The average molecular weight is 854 g/mol. The largest absolute Gasteiger partial charge is 0.461 e. The molecule has 0 bridgehead atoms. The first-order chi connectivity index (χ1) is 30.0. The molecule has 0 spiro atoms. The van der Waals surface area contributed by atoms with Gasteiger partial charge in [-0.1, -0.05) is 223 Å². The van der Waals surface area contributed by atoms with Crippen LogP contribution in [0.4, 0.5) is 0 Å². The molecule has 3 unspecified atom stereocenters. The van der Waals surface area contributed by atoms with Crippen LogP contribution in [0.1, 0.15) is 252 Å². The number of ether oxygens (including phenoxy) is 1. The second-order valence-electron chi connectivity index (χ2n) is 17.6. The topological polar surface area (TPSA) is 95.9 Å². The van der Waals surface area contributed by atoms with Crippen LogP contribution in [-0.2, 0) is 14.3 Å². The Hall–Kier alpha value is -2.44.